The molecule has 2 nitrogen and oxygen atoms in total. The molecule has 0 aromatic carbocycles. The lowest BCUT2D eigenvalue weighted by atomic mass is 10.2. The van der Waals surface area contributed by atoms with Gasteiger partial charge in [-0.25, -0.2) is 0 Å². The molecule has 0 aromatic heterocycles. The van der Waals surface area contributed by atoms with E-state index in [4.69, 9.17) is 0 Å². The van der Waals surface area contributed by atoms with E-state index in [0.29, 0.717) is 0 Å². The van der Waals surface area contributed by atoms with E-state index in [-0.39, 0.29) is 12.1 Å². The summed E-state index contributed by atoms with van der Waals surface area (Å²) in [7, 11) is 0. The van der Waals surface area contributed by atoms with Crippen molar-refractivity contribution < 1.29 is 5.11 Å². The number of aliphatic hydroxyl groups is 1. The van der Waals surface area contributed by atoms with Gasteiger partial charge in [-0.3, -0.25) is 0 Å². The van der Waals surface area contributed by atoms with Crippen LogP contribution in [0.4, 0.5) is 0 Å². The molecule has 0 unspecified atom stereocenters. The van der Waals surface area contributed by atoms with Gasteiger partial charge in [-0.15, -0.1) is 0 Å². The van der Waals surface area contributed by atoms with Crippen LogP contribution in [0.5, 0.6) is 0 Å². The van der Waals surface area contributed by atoms with Crippen LogP contribution in [0.3, 0.4) is 0 Å². The van der Waals surface area contributed by atoms with Gasteiger partial charge in [0.2, 0.25) is 0 Å². The summed E-state index contributed by atoms with van der Waals surface area (Å²) >= 11 is 0. The van der Waals surface area contributed by atoms with Crippen LogP contribution in [0.15, 0.2) is 12.2 Å². The van der Waals surface area contributed by atoms with Crippen molar-refractivity contribution in [3.8, 4) is 0 Å². The van der Waals surface area contributed by atoms with Crippen LogP contribution in [0, 0.1) is 0 Å². The highest BCUT2D eigenvalue weighted by molar-refractivity contribution is 5.06. The Balaban J connectivity index is 2.10. The molecular weight excluding hydrogens is 138 g/mol. The first-order valence-corrected chi connectivity index (χ1v) is 4.42. The Labute approximate surface area is 68.3 Å². The maximum Gasteiger partial charge on any atom is 0.0763 e. The van der Waals surface area contributed by atoms with Gasteiger partial charge >= 0.3 is 0 Å². The molecule has 0 spiro atoms. The number of rotatable bonds is 4. The van der Waals surface area contributed by atoms with Crippen LogP contribution in [0.1, 0.15) is 26.2 Å². The summed E-state index contributed by atoms with van der Waals surface area (Å²) in [4.78, 5) is 0. The molecule has 0 aromatic rings. The van der Waals surface area contributed by atoms with E-state index in [0.717, 1.165) is 13.0 Å². The number of aliphatic hydroxyl groups excluding tert-OH is 1. The predicted octanol–water partition coefficient (Wildman–Crippen LogP) is 1.07. The first-order chi connectivity index (χ1) is 5.34. The lowest BCUT2D eigenvalue weighted by Crippen LogP contribution is -2.35. The fourth-order valence-electron chi connectivity index (χ4n) is 1.29. The van der Waals surface area contributed by atoms with Crippen molar-refractivity contribution >= 4 is 0 Å². The Morgan fingerprint density at radius 3 is 3.00 bits per heavy atom. The standard InChI is InChI=1S/C9H17NO/c1-2-3-7-10-8-5-4-6-9(8)11/h4-5,8-11H,2-3,6-7H2,1H3/t8-,9-/m0/s1. The molecule has 0 radical (unpaired) electrons. The summed E-state index contributed by atoms with van der Waals surface area (Å²) in [6, 6.07) is 0.210. The van der Waals surface area contributed by atoms with Crippen molar-refractivity contribution in [3.63, 3.8) is 0 Å². The van der Waals surface area contributed by atoms with Crippen molar-refractivity contribution in [1.82, 2.24) is 5.32 Å². The zero-order chi connectivity index (χ0) is 8.10. The van der Waals surface area contributed by atoms with Crippen LogP contribution in [-0.4, -0.2) is 23.8 Å². The molecule has 0 fully saturated rings. The van der Waals surface area contributed by atoms with E-state index in [9.17, 15) is 5.11 Å². The highest BCUT2D eigenvalue weighted by atomic mass is 16.3. The molecule has 1 aliphatic rings. The van der Waals surface area contributed by atoms with E-state index in [1.54, 1.807) is 0 Å². The molecule has 64 valence electrons. The second-order valence-corrected chi connectivity index (χ2v) is 3.06. The molecule has 1 aliphatic carbocycles. The average molecular weight is 155 g/mol. The van der Waals surface area contributed by atoms with Gasteiger partial charge in [0.15, 0.2) is 0 Å². The van der Waals surface area contributed by atoms with Crippen LogP contribution >= 0.6 is 0 Å². The van der Waals surface area contributed by atoms with Gasteiger partial charge in [0.1, 0.15) is 0 Å². The molecule has 0 bridgehead atoms. The summed E-state index contributed by atoms with van der Waals surface area (Å²) in [5.41, 5.74) is 0. The minimum Gasteiger partial charge on any atom is -0.391 e. The largest absolute Gasteiger partial charge is 0.391 e. The monoisotopic (exact) mass is 155 g/mol. The van der Waals surface area contributed by atoms with Gasteiger partial charge in [-0.05, 0) is 19.4 Å². The molecule has 0 saturated heterocycles. The van der Waals surface area contributed by atoms with Crippen molar-refractivity contribution in [1.29, 1.82) is 0 Å². The molecule has 2 N–H and O–H groups in total. The molecule has 0 amide bonds. The van der Waals surface area contributed by atoms with Crippen LogP contribution in [0.25, 0.3) is 0 Å². The normalized spacial score (nSPS) is 29.6. The fourth-order valence-corrected chi connectivity index (χ4v) is 1.29. The zero-order valence-electron chi connectivity index (χ0n) is 7.09. The van der Waals surface area contributed by atoms with Gasteiger partial charge in [-0.2, -0.15) is 0 Å². The summed E-state index contributed by atoms with van der Waals surface area (Å²) in [6.07, 6.45) is 7.11. The summed E-state index contributed by atoms with van der Waals surface area (Å²) in [5, 5.41) is 12.7. The van der Waals surface area contributed by atoms with E-state index in [2.05, 4.69) is 18.3 Å². The third-order valence-electron chi connectivity index (χ3n) is 2.05. The maximum atomic E-state index is 9.36. The molecule has 0 heterocycles. The van der Waals surface area contributed by atoms with Crippen LogP contribution in [0.2, 0.25) is 0 Å². The zero-order valence-corrected chi connectivity index (χ0v) is 7.09. The molecule has 1 rings (SSSR count). The molecular formula is C9H17NO. The molecule has 2 heteroatoms. The van der Waals surface area contributed by atoms with Gasteiger partial charge in [0.25, 0.3) is 0 Å². The lowest BCUT2D eigenvalue weighted by molar-refractivity contribution is 0.158. The maximum absolute atomic E-state index is 9.36. The second kappa shape index (κ2) is 4.52. The van der Waals surface area contributed by atoms with E-state index < -0.39 is 0 Å². The quantitative estimate of drug-likeness (QED) is 0.470. The SMILES string of the molecule is CCCCN[C@H]1C=CC[C@@H]1O. The Morgan fingerprint density at radius 2 is 2.45 bits per heavy atom. The smallest absolute Gasteiger partial charge is 0.0763 e. The number of nitrogens with one attached hydrogen (secondary N) is 1. The molecule has 11 heavy (non-hydrogen) atoms. The van der Waals surface area contributed by atoms with E-state index in [1.807, 2.05) is 6.08 Å². The van der Waals surface area contributed by atoms with Gasteiger partial charge in [0.05, 0.1) is 12.1 Å². The summed E-state index contributed by atoms with van der Waals surface area (Å²) < 4.78 is 0. The molecule has 0 saturated carbocycles. The predicted molar refractivity (Wildman–Crippen MR) is 46.5 cm³/mol. The van der Waals surface area contributed by atoms with E-state index >= 15 is 0 Å². The third-order valence-corrected chi connectivity index (χ3v) is 2.05. The minimum atomic E-state index is -0.188. The summed E-state index contributed by atoms with van der Waals surface area (Å²) in [5.74, 6) is 0. The van der Waals surface area contributed by atoms with Crippen LogP contribution < -0.4 is 5.32 Å². The first kappa shape index (κ1) is 8.75. The van der Waals surface area contributed by atoms with Crippen LogP contribution in [-0.2, 0) is 0 Å². The Morgan fingerprint density at radius 1 is 1.64 bits per heavy atom. The molecule has 0 aliphatic heterocycles. The van der Waals surface area contributed by atoms with Crippen molar-refractivity contribution in [3.05, 3.63) is 12.2 Å². The van der Waals surface area contributed by atoms with Crippen molar-refractivity contribution in [2.75, 3.05) is 6.54 Å². The van der Waals surface area contributed by atoms with Crippen molar-refractivity contribution in [2.45, 2.75) is 38.3 Å². The average Bonchev–Trinajstić information content (AvgIpc) is 2.37. The van der Waals surface area contributed by atoms with Gasteiger partial charge < -0.3 is 10.4 Å². The topological polar surface area (TPSA) is 32.3 Å². The Kier molecular flexibility index (Phi) is 3.60. The fraction of sp³-hybridized carbons (Fsp3) is 0.778. The molecule has 2 atom stereocenters. The van der Waals surface area contributed by atoms with Crippen molar-refractivity contribution in [2.24, 2.45) is 0 Å². The number of hydrogen-bond acceptors (Lipinski definition) is 2. The van der Waals surface area contributed by atoms with Gasteiger partial charge in [-0.1, -0.05) is 25.5 Å². The minimum absolute atomic E-state index is 0.188. The van der Waals surface area contributed by atoms with E-state index in [1.165, 1.54) is 12.8 Å². The Bertz CT molecular complexity index is 134. The highest BCUT2D eigenvalue weighted by Crippen LogP contribution is 2.09. The number of hydrogen-bond donors (Lipinski definition) is 2. The summed E-state index contributed by atoms with van der Waals surface area (Å²) in [6.45, 7) is 3.19. The lowest BCUT2D eigenvalue weighted by Gasteiger charge is -2.14. The number of unbranched alkanes of at least 4 members (excludes halogenated alkanes) is 1. The Hall–Kier alpha value is -0.340. The highest BCUT2D eigenvalue weighted by Gasteiger charge is 2.18. The first-order valence-electron chi connectivity index (χ1n) is 4.42. The van der Waals surface area contributed by atoms with Gasteiger partial charge in [0, 0.05) is 0 Å². The second-order valence-electron chi connectivity index (χ2n) is 3.06. The third kappa shape index (κ3) is 2.64.